The summed E-state index contributed by atoms with van der Waals surface area (Å²) in [5.41, 5.74) is 1.17. The molecule has 0 aliphatic heterocycles. The number of carbonyl (C=O) groups is 2. The summed E-state index contributed by atoms with van der Waals surface area (Å²) in [6.07, 6.45) is 3.49. The molecule has 0 bridgehead atoms. The average molecular weight is 335 g/mol. The number of benzene rings is 1. The predicted octanol–water partition coefficient (Wildman–Crippen LogP) is 2.66. The average Bonchev–Trinajstić information content (AvgIpc) is 2.57. The normalized spacial score (nSPS) is 11.5. The Morgan fingerprint density at radius 1 is 1.33 bits per heavy atom. The lowest BCUT2D eigenvalue weighted by atomic mass is 10.0. The van der Waals surface area contributed by atoms with E-state index in [0.717, 1.165) is 12.0 Å². The third kappa shape index (κ3) is 5.01. The number of hydrogen-bond donors (Lipinski definition) is 2. The van der Waals surface area contributed by atoms with Gasteiger partial charge in [0.25, 0.3) is 5.91 Å². The first-order chi connectivity index (χ1) is 11.5. The minimum absolute atomic E-state index is 0.0904. The van der Waals surface area contributed by atoms with Crippen molar-refractivity contribution < 1.29 is 24.2 Å². The highest BCUT2D eigenvalue weighted by molar-refractivity contribution is 5.95. The van der Waals surface area contributed by atoms with Gasteiger partial charge in [0.05, 0.1) is 20.1 Å². The van der Waals surface area contributed by atoms with Crippen LogP contribution in [0.1, 0.15) is 35.7 Å². The zero-order valence-electron chi connectivity index (χ0n) is 14.4. The number of ether oxygens (including phenoxy) is 2. The number of allylic oxidation sites excluding steroid dienone is 1. The fourth-order valence-corrected chi connectivity index (χ4v) is 2.46. The molecule has 0 saturated heterocycles. The molecule has 1 unspecified atom stereocenters. The van der Waals surface area contributed by atoms with Crippen molar-refractivity contribution in [1.29, 1.82) is 0 Å². The minimum atomic E-state index is -0.906. The molecule has 0 fully saturated rings. The third-order valence-electron chi connectivity index (χ3n) is 3.68. The van der Waals surface area contributed by atoms with E-state index in [2.05, 4.69) is 11.9 Å². The first kappa shape index (κ1) is 19.5. The maximum absolute atomic E-state index is 12.4. The fourth-order valence-electron chi connectivity index (χ4n) is 2.46. The standard InChI is InChI=1S/C18H25NO5/c1-5-7-12-9-14(10-15(23-3)16(12)24-4)17(20)19-11-13(8-6-2)18(21)22/h5,9-10,13H,1,6-8,11H2,2-4H3,(H,19,20)(H,21,22). The number of aliphatic carboxylic acids is 1. The molecule has 1 amide bonds. The molecular formula is C18H25NO5. The topological polar surface area (TPSA) is 84.9 Å². The van der Waals surface area contributed by atoms with Crippen LogP contribution in [0.3, 0.4) is 0 Å². The Bertz CT molecular complexity index is 597. The third-order valence-corrected chi connectivity index (χ3v) is 3.68. The van der Waals surface area contributed by atoms with Crippen LogP contribution < -0.4 is 14.8 Å². The monoisotopic (exact) mass is 335 g/mol. The van der Waals surface area contributed by atoms with Crippen LogP contribution >= 0.6 is 0 Å². The predicted molar refractivity (Wildman–Crippen MR) is 91.8 cm³/mol. The molecule has 1 rings (SSSR count). The van der Waals surface area contributed by atoms with Crippen LogP contribution in [0.5, 0.6) is 11.5 Å². The summed E-state index contributed by atoms with van der Waals surface area (Å²) in [5.74, 6) is -0.833. The van der Waals surface area contributed by atoms with Gasteiger partial charge in [-0.05, 0) is 25.0 Å². The van der Waals surface area contributed by atoms with Gasteiger partial charge in [-0.25, -0.2) is 0 Å². The van der Waals surface area contributed by atoms with Crippen LogP contribution in [0.25, 0.3) is 0 Å². The summed E-state index contributed by atoms with van der Waals surface area (Å²) < 4.78 is 10.6. The number of amides is 1. The van der Waals surface area contributed by atoms with E-state index in [9.17, 15) is 9.59 Å². The molecule has 2 N–H and O–H groups in total. The molecular weight excluding hydrogens is 310 g/mol. The van der Waals surface area contributed by atoms with Crippen LogP contribution in [-0.4, -0.2) is 37.7 Å². The van der Waals surface area contributed by atoms with Crippen molar-refractivity contribution in [3.8, 4) is 11.5 Å². The van der Waals surface area contributed by atoms with Crippen molar-refractivity contribution in [3.63, 3.8) is 0 Å². The van der Waals surface area contributed by atoms with Gasteiger partial charge in [0, 0.05) is 17.7 Å². The zero-order valence-corrected chi connectivity index (χ0v) is 14.4. The molecule has 1 aromatic rings. The molecule has 0 aliphatic rings. The maximum Gasteiger partial charge on any atom is 0.308 e. The van der Waals surface area contributed by atoms with Gasteiger partial charge in [0.2, 0.25) is 0 Å². The number of carboxylic acid groups (broad SMARTS) is 1. The molecule has 0 aromatic heterocycles. The summed E-state index contributed by atoms with van der Waals surface area (Å²) in [5, 5.41) is 11.8. The fraction of sp³-hybridized carbons (Fsp3) is 0.444. The van der Waals surface area contributed by atoms with E-state index < -0.39 is 11.9 Å². The van der Waals surface area contributed by atoms with Crippen molar-refractivity contribution >= 4 is 11.9 Å². The van der Waals surface area contributed by atoms with E-state index in [1.807, 2.05) is 6.92 Å². The number of rotatable bonds is 10. The quantitative estimate of drug-likeness (QED) is 0.642. The lowest BCUT2D eigenvalue weighted by Gasteiger charge is -2.16. The number of nitrogens with one attached hydrogen (secondary N) is 1. The van der Waals surface area contributed by atoms with Gasteiger partial charge in [-0.3, -0.25) is 9.59 Å². The molecule has 0 heterocycles. The number of carboxylic acids is 1. The maximum atomic E-state index is 12.4. The molecule has 0 radical (unpaired) electrons. The van der Waals surface area contributed by atoms with Gasteiger partial charge in [0.15, 0.2) is 11.5 Å². The number of carbonyl (C=O) groups excluding carboxylic acids is 1. The first-order valence-electron chi connectivity index (χ1n) is 7.85. The molecule has 132 valence electrons. The molecule has 1 atom stereocenters. The van der Waals surface area contributed by atoms with E-state index >= 15 is 0 Å². The molecule has 24 heavy (non-hydrogen) atoms. The summed E-state index contributed by atoms with van der Waals surface area (Å²) in [4.78, 5) is 23.5. The molecule has 1 aromatic carbocycles. The van der Waals surface area contributed by atoms with Crippen LogP contribution in [0.4, 0.5) is 0 Å². The summed E-state index contributed by atoms with van der Waals surface area (Å²) in [7, 11) is 3.03. The van der Waals surface area contributed by atoms with Gasteiger partial charge in [-0.15, -0.1) is 6.58 Å². The van der Waals surface area contributed by atoms with Gasteiger partial charge in [-0.1, -0.05) is 19.4 Å². The van der Waals surface area contributed by atoms with E-state index in [-0.39, 0.29) is 12.5 Å². The van der Waals surface area contributed by atoms with E-state index in [0.29, 0.717) is 29.9 Å². The molecule has 0 saturated carbocycles. The van der Waals surface area contributed by atoms with E-state index in [1.54, 1.807) is 18.2 Å². The second-order valence-corrected chi connectivity index (χ2v) is 5.40. The van der Waals surface area contributed by atoms with E-state index in [4.69, 9.17) is 14.6 Å². The van der Waals surface area contributed by atoms with Gasteiger partial charge >= 0.3 is 5.97 Å². The Balaban J connectivity index is 2.99. The number of hydrogen-bond acceptors (Lipinski definition) is 4. The second kappa shape index (κ2) is 9.60. The first-order valence-corrected chi connectivity index (χ1v) is 7.85. The Morgan fingerprint density at radius 2 is 2.04 bits per heavy atom. The lowest BCUT2D eigenvalue weighted by molar-refractivity contribution is -0.141. The van der Waals surface area contributed by atoms with Crippen molar-refractivity contribution in [3.05, 3.63) is 35.9 Å². The van der Waals surface area contributed by atoms with Crippen LogP contribution in [0, 0.1) is 5.92 Å². The SMILES string of the molecule is C=CCc1cc(C(=O)NCC(CCC)C(=O)O)cc(OC)c1OC. The minimum Gasteiger partial charge on any atom is -0.493 e. The highest BCUT2D eigenvalue weighted by atomic mass is 16.5. The Labute approximate surface area is 142 Å². The summed E-state index contributed by atoms with van der Waals surface area (Å²) in [6, 6.07) is 3.28. The van der Waals surface area contributed by atoms with Crippen molar-refractivity contribution in [2.24, 2.45) is 5.92 Å². The van der Waals surface area contributed by atoms with Crippen LogP contribution in [0.2, 0.25) is 0 Å². The molecule has 6 nitrogen and oxygen atoms in total. The van der Waals surface area contributed by atoms with Gasteiger partial charge in [-0.2, -0.15) is 0 Å². The lowest BCUT2D eigenvalue weighted by Crippen LogP contribution is -2.33. The number of methoxy groups -OCH3 is 2. The molecule has 0 spiro atoms. The Morgan fingerprint density at radius 3 is 2.54 bits per heavy atom. The molecule has 6 heteroatoms. The smallest absolute Gasteiger partial charge is 0.308 e. The highest BCUT2D eigenvalue weighted by Gasteiger charge is 2.19. The molecule has 0 aliphatic carbocycles. The van der Waals surface area contributed by atoms with Crippen molar-refractivity contribution in [1.82, 2.24) is 5.32 Å². The summed E-state index contributed by atoms with van der Waals surface area (Å²) >= 11 is 0. The van der Waals surface area contributed by atoms with Crippen LogP contribution in [-0.2, 0) is 11.2 Å². The zero-order chi connectivity index (χ0) is 18.1. The van der Waals surface area contributed by atoms with Crippen LogP contribution in [0.15, 0.2) is 24.8 Å². The van der Waals surface area contributed by atoms with Gasteiger partial charge < -0.3 is 19.9 Å². The van der Waals surface area contributed by atoms with Crippen molar-refractivity contribution in [2.75, 3.05) is 20.8 Å². The summed E-state index contributed by atoms with van der Waals surface area (Å²) in [6.45, 7) is 5.70. The van der Waals surface area contributed by atoms with E-state index in [1.165, 1.54) is 14.2 Å². The van der Waals surface area contributed by atoms with Crippen molar-refractivity contribution in [2.45, 2.75) is 26.2 Å². The highest BCUT2D eigenvalue weighted by Crippen LogP contribution is 2.33. The Hall–Kier alpha value is -2.50. The van der Waals surface area contributed by atoms with Gasteiger partial charge in [0.1, 0.15) is 0 Å². The second-order valence-electron chi connectivity index (χ2n) is 5.40. The Kier molecular flexibility index (Phi) is 7.82. The largest absolute Gasteiger partial charge is 0.493 e.